The maximum Gasteiger partial charge on any atom is 0.335 e. The molecule has 4 heteroatoms. The van der Waals surface area contributed by atoms with Crippen molar-refractivity contribution in [3.05, 3.63) is 47.2 Å². The van der Waals surface area contributed by atoms with Crippen LogP contribution in [0.4, 0.5) is 0 Å². The van der Waals surface area contributed by atoms with Crippen LogP contribution in [0.3, 0.4) is 0 Å². The first-order valence-corrected chi connectivity index (χ1v) is 6.45. The van der Waals surface area contributed by atoms with Gasteiger partial charge in [0.2, 0.25) is 0 Å². The number of aliphatic carboxylic acids is 1. The molecule has 2 atom stereocenters. The Balaban J connectivity index is 2.21. The van der Waals surface area contributed by atoms with Gasteiger partial charge in [-0.15, -0.1) is 0 Å². The van der Waals surface area contributed by atoms with E-state index in [1.54, 1.807) is 0 Å². The number of carbonyl (C=O) groups is 1. The number of aliphatic hydroxyl groups excluding tert-OH is 1. The van der Waals surface area contributed by atoms with E-state index in [0.717, 1.165) is 0 Å². The summed E-state index contributed by atoms with van der Waals surface area (Å²) in [5.74, 6) is -1.04. The lowest BCUT2D eigenvalue weighted by Gasteiger charge is -2.38. The summed E-state index contributed by atoms with van der Waals surface area (Å²) in [6.07, 6.45) is 0.373. The van der Waals surface area contributed by atoms with Gasteiger partial charge in [0, 0.05) is 12.1 Å². The van der Waals surface area contributed by atoms with Crippen molar-refractivity contribution in [2.45, 2.75) is 32.4 Å². The Kier molecular flexibility index (Phi) is 3.90. The van der Waals surface area contributed by atoms with E-state index in [-0.39, 0.29) is 23.4 Å². The predicted molar refractivity (Wildman–Crippen MR) is 72.9 cm³/mol. The Morgan fingerprint density at radius 1 is 1.37 bits per heavy atom. The van der Waals surface area contributed by atoms with E-state index in [0.29, 0.717) is 13.0 Å². The smallest absolute Gasteiger partial charge is 0.335 e. The molecule has 1 aromatic carbocycles. The van der Waals surface area contributed by atoms with Crippen molar-refractivity contribution in [3.8, 4) is 0 Å². The summed E-state index contributed by atoms with van der Waals surface area (Å²) in [5.41, 5.74) is 1.31. The highest BCUT2D eigenvalue weighted by molar-refractivity contribution is 5.87. The normalized spacial score (nSPS) is 22.3. The zero-order chi connectivity index (χ0) is 14.0. The summed E-state index contributed by atoms with van der Waals surface area (Å²) in [6, 6.07) is 10.3. The molecule has 0 bridgehead atoms. The third-order valence-corrected chi connectivity index (χ3v) is 3.78. The molecule has 1 heterocycles. The van der Waals surface area contributed by atoms with Gasteiger partial charge in [0.15, 0.2) is 0 Å². The van der Waals surface area contributed by atoms with Crippen LogP contribution >= 0.6 is 0 Å². The van der Waals surface area contributed by atoms with Gasteiger partial charge in [-0.3, -0.25) is 4.90 Å². The second-order valence-electron chi connectivity index (χ2n) is 5.04. The molecule has 0 saturated heterocycles. The van der Waals surface area contributed by atoms with Crippen LogP contribution in [0.15, 0.2) is 41.7 Å². The Morgan fingerprint density at radius 3 is 2.58 bits per heavy atom. The highest BCUT2D eigenvalue weighted by Crippen LogP contribution is 2.30. The first-order valence-electron chi connectivity index (χ1n) is 6.45. The van der Waals surface area contributed by atoms with Crippen LogP contribution in [0.25, 0.3) is 0 Å². The molecule has 2 N–H and O–H groups in total. The molecular formula is C15H19NO3. The van der Waals surface area contributed by atoms with Crippen molar-refractivity contribution in [3.63, 3.8) is 0 Å². The lowest BCUT2D eigenvalue weighted by Crippen LogP contribution is -2.41. The lowest BCUT2D eigenvalue weighted by molar-refractivity contribution is -0.133. The summed E-state index contributed by atoms with van der Waals surface area (Å²) < 4.78 is 0. The second-order valence-corrected chi connectivity index (χ2v) is 5.04. The van der Waals surface area contributed by atoms with Crippen LogP contribution in [0.1, 0.15) is 31.9 Å². The molecule has 102 valence electrons. The summed E-state index contributed by atoms with van der Waals surface area (Å²) in [5, 5.41) is 18.9. The van der Waals surface area contributed by atoms with Crippen LogP contribution in [-0.4, -0.2) is 33.7 Å². The molecule has 0 aliphatic carbocycles. The molecular weight excluding hydrogens is 242 g/mol. The van der Waals surface area contributed by atoms with Crippen LogP contribution in [0.2, 0.25) is 0 Å². The van der Waals surface area contributed by atoms with Gasteiger partial charge in [0.05, 0.1) is 12.1 Å². The van der Waals surface area contributed by atoms with Crippen LogP contribution in [-0.2, 0) is 4.79 Å². The molecule has 0 fully saturated rings. The quantitative estimate of drug-likeness (QED) is 0.878. The minimum atomic E-state index is -1.02. The van der Waals surface area contributed by atoms with Crippen molar-refractivity contribution in [1.82, 2.24) is 4.90 Å². The van der Waals surface area contributed by atoms with Gasteiger partial charge in [-0.05, 0) is 25.8 Å². The van der Waals surface area contributed by atoms with Gasteiger partial charge in [-0.1, -0.05) is 30.3 Å². The van der Waals surface area contributed by atoms with Gasteiger partial charge < -0.3 is 10.2 Å². The largest absolute Gasteiger partial charge is 0.510 e. The third kappa shape index (κ3) is 2.79. The summed E-state index contributed by atoms with van der Waals surface area (Å²) >= 11 is 0. The molecule has 4 nitrogen and oxygen atoms in total. The zero-order valence-electron chi connectivity index (χ0n) is 11.2. The summed E-state index contributed by atoms with van der Waals surface area (Å²) in [6.45, 7) is 4.36. The van der Waals surface area contributed by atoms with Gasteiger partial charge in [0.25, 0.3) is 0 Å². The number of nitrogens with zero attached hydrogens (tertiary/aromatic N) is 1. The number of carboxylic acid groups (broad SMARTS) is 1. The van der Waals surface area contributed by atoms with Gasteiger partial charge in [-0.2, -0.15) is 0 Å². The predicted octanol–water partition coefficient (Wildman–Crippen LogP) is 2.74. The van der Waals surface area contributed by atoms with E-state index in [1.165, 1.54) is 5.56 Å². The average molecular weight is 261 g/mol. The number of aliphatic hydroxyl groups is 1. The zero-order valence-corrected chi connectivity index (χ0v) is 11.2. The Hall–Kier alpha value is -1.81. The molecule has 0 radical (unpaired) electrons. The SMILES string of the molecule is CC(c1ccccc1)N1CC(O)=C(C(=O)O)C[C@H]1C. The average Bonchev–Trinajstić information content (AvgIpc) is 2.41. The fraction of sp³-hybridized carbons (Fsp3) is 0.400. The minimum absolute atomic E-state index is 0.0200. The fourth-order valence-corrected chi connectivity index (χ4v) is 2.61. The van der Waals surface area contributed by atoms with Crippen LogP contribution in [0, 0.1) is 0 Å². The molecule has 1 aliphatic heterocycles. The second kappa shape index (κ2) is 5.45. The van der Waals surface area contributed by atoms with Crippen LogP contribution in [0.5, 0.6) is 0 Å². The number of rotatable bonds is 3. The van der Waals surface area contributed by atoms with E-state index in [4.69, 9.17) is 5.11 Å². The number of carboxylic acids is 1. The molecule has 0 saturated carbocycles. The molecule has 19 heavy (non-hydrogen) atoms. The van der Waals surface area contributed by atoms with Crippen molar-refractivity contribution >= 4 is 5.97 Å². The van der Waals surface area contributed by atoms with E-state index in [2.05, 4.69) is 11.8 Å². The molecule has 0 amide bonds. The fourth-order valence-electron chi connectivity index (χ4n) is 2.61. The van der Waals surface area contributed by atoms with Crippen molar-refractivity contribution in [2.75, 3.05) is 6.54 Å². The van der Waals surface area contributed by atoms with Crippen molar-refractivity contribution in [2.24, 2.45) is 0 Å². The molecule has 2 rings (SSSR count). The van der Waals surface area contributed by atoms with Gasteiger partial charge in [-0.25, -0.2) is 4.79 Å². The maximum absolute atomic E-state index is 11.0. The molecule has 0 spiro atoms. The lowest BCUT2D eigenvalue weighted by atomic mass is 9.96. The molecule has 0 aromatic heterocycles. The number of hydrogen-bond donors (Lipinski definition) is 2. The van der Waals surface area contributed by atoms with Crippen molar-refractivity contribution < 1.29 is 15.0 Å². The van der Waals surface area contributed by atoms with Gasteiger partial charge in [0.1, 0.15) is 5.76 Å². The first kappa shape index (κ1) is 13.6. The Bertz CT molecular complexity index is 495. The summed E-state index contributed by atoms with van der Waals surface area (Å²) in [4.78, 5) is 13.1. The highest BCUT2D eigenvalue weighted by atomic mass is 16.4. The monoisotopic (exact) mass is 261 g/mol. The van der Waals surface area contributed by atoms with E-state index >= 15 is 0 Å². The third-order valence-electron chi connectivity index (χ3n) is 3.78. The Morgan fingerprint density at radius 2 is 2.00 bits per heavy atom. The van der Waals surface area contributed by atoms with Crippen molar-refractivity contribution in [1.29, 1.82) is 0 Å². The molecule has 1 aromatic rings. The van der Waals surface area contributed by atoms with Gasteiger partial charge >= 0.3 is 5.97 Å². The number of hydrogen-bond acceptors (Lipinski definition) is 3. The number of benzene rings is 1. The molecule has 1 unspecified atom stereocenters. The molecule has 1 aliphatic rings. The highest BCUT2D eigenvalue weighted by Gasteiger charge is 2.31. The first-order chi connectivity index (χ1) is 9.00. The van der Waals surface area contributed by atoms with Crippen LogP contribution < -0.4 is 0 Å². The summed E-state index contributed by atoms with van der Waals surface area (Å²) in [7, 11) is 0. The van der Waals surface area contributed by atoms with E-state index < -0.39 is 5.97 Å². The topological polar surface area (TPSA) is 60.8 Å². The maximum atomic E-state index is 11.0. The van der Waals surface area contributed by atoms with E-state index in [9.17, 15) is 9.90 Å². The Labute approximate surface area is 113 Å². The minimum Gasteiger partial charge on any atom is -0.510 e. The standard InChI is InChI=1S/C15H19NO3/c1-10-8-13(15(18)19)14(17)9-16(10)11(2)12-6-4-3-5-7-12/h3-7,10-11,17H,8-9H2,1-2H3,(H,18,19)/t10-,11?/m1/s1. The van der Waals surface area contributed by atoms with E-state index in [1.807, 2.05) is 37.3 Å².